The minimum Gasteiger partial charge on any atom is -0.324 e. The first-order valence-corrected chi connectivity index (χ1v) is 7.11. The van der Waals surface area contributed by atoms with Gasteiger partial charge in [-0.1, -0.05) is 11.6 Å². The zero-order valence-corrected chi connectivity index (χ0v) is 12.2. The van der Waals surface area contributed by atoms with E-state index in [9.17, 15) is 9.18 Å². The summed E-state index contributed by atoms with van der Waals surface area (Å²) in [4.78, 5) is 14.1. The second-order valence-electron chi connectivity index (χ2n) is 5.04. The second kappa shape index (κ2) is 7.02. The third-order valence-electron chi connectivity index (χ3n) is 3.49. The SMILES string of the molecule is CNC1CCCN(CC(=O)Nc2ccc(F)cc2Cl)C1. The number of amides is 1. The number of anilines is 1. The maximum Gasteiger partial charge on any atom is 0.238 e. The highest BCUT2D eigenvalue weighted by Gasteiger charge is 2.20. The van der Waals surface area contributed by atoms with Crippen molar-refractivity contribution in [1.29, 1.82) is 0 Å². The van der Waals surface area contributed by atoms with E-state index < -0.39 is 5.82 Å². The van der Waals surface area contributed by atoms with Crippen LogP contribution >= 0.6 is 11.6 Å². The number of nitrogens with zero attached hydrogens (tertiary/aromatic N) is 1. The molecule has 1 amide bonds. The molecule has 2 N–H and O–H groups in total. The number of likely N-dealkylation sites (tertiary alicyclic amines) is 1. The number of halogens is 2. The van der Waals surface area contributed by atoms with E-state index in [2.05, 4.69) is 15.5 Å². The minimum absolute atomic E-state index is 0.129. The highest BCUT2D eigenvalue weighted by molar-refractivity contribution is 6.33. The number of carbonyl (C=O) groups is 1. The molecule has 0 aromatic heterocycles. The van der Waals surface area contributed by atoms with Crippen molar-refractivity contribution < 1.29 is 9.18 Å². The number of nitrogens with one attached hydrogen (secondary N) is 2. The lowest BCUT2D eigenvalue weighted by molar-refractivity contribution is -0.117. The number of hydrogen-bond acceptors (Lipinski definition) is 3. The molecule has 110 valence electrons. The molecule has 1 aromatic carbocycles. The summed E-state index contributed by atoms with van der Waals surface area (Å²) in [7, 11) is 1.94. The molecule has 0 bridgehead atoms. The Morgan fingerprint density at radius 1 is 1.55 bits per heavy atom. The van der Waals surface area contributed by atoms with Crippen LogP contribution in [0.25, 0.3) is 0 Å². The largest absolute Gasteiger partial charge is 0.324 e. The van der Waals surface area contributed by atoms with Gasteiger partial charge in [0.05, 0.1) is 17.3 Å². The van der Waals surface area contributed by atoms with E-state index in [1.165, 1.54) is 18.2 Å². The summed E-state index contributed by atoms with van der Waals surface area (Å²) in [5, 5.41) is 6.17. The Kier molecular flexibility index (Phi) is 5.34. The van der Waals surface area contributed by atoms with E-state index in [-0.39, 0.29) is 10.9 Å². The Morgan fingerprint density at radius 2 is 2.35 bits per heavy atom. The zero-order chi connectivity index (χ0) is 14.5. The van der Waals surface area contributed by atoms with Crippen molar-refractivity contribution in [2.45, 2.75) is 18.9 Å². The highest BCUT2D eigenvalue weighted by atomic mass is 35.5. The van der Waals surface area contributed by atoms with E-state index in [0.29, 0.717) is 18.3 Å². The van der Waals surface area contributed by atoms with Gasteiger partial charge in [0.15, 0.2) is 0 Å². The van der Waals surface area contributed by atoms with Crippen LogP contribution in [0.4, 0.5) is 10.1 Å². The molecule has 1 heterocycles. The second-order valence-corrected chi connectivity index (χ2v) is 5.44. The predicted octanol–water partition coefficient (Wildman–Crippen LogP) is 2.10. The fourth-order valence-electron chi connectivity index (χ4n) is 2.42. The summed E-state index contributed by atoms with van der Waals surface area (Å²) in [6, 6.07) is 4.38. The molecule has 0 aliphatic carbocycles. The van der Waals surface area contributed by atoms with Crippen molar-refractivity contribution in [3.8, 4) is 0 Å². The molecule has 1 saturated heterocycles. The number of rotatable bonds is 4. The lowest BCUT2D eigenvalue weighted by Crippen LogP contribution is -2.46. The van der Waals surface area contributed by atoms with Gasteiger partial charge < -0.3 is 10.6 Å². The van der Waals surface area contributed by atoms with Crippen LogP contribution in [0.2, 0.25) is 5.02 Å². The standard InChI is InChI=1S/C14H19ClFN3O/c1-17-11-3-2-6-19(8-11)9-14(20)18-13-5-4-10(16)7-12(13)15/h4-5,7,11,17H,2-3,6,8-9H2,1H3,(H,18,20). The molecule has 4 nitrogen and oxygen atoms in total. The summed E-state index contributed by atoms with van der Waals surface area (Å²) >= 11 is 5.88. The number of benzene rings is 1. The molecule has 1 atom stereocenters. The first-order chi connectivity index (χ1) is 9.58. The molecular formula is C14H19ClFN3O. The molecule has 1 aromatic rings. The van der Waals surface area contributed by atoms with Crippen LogP contribution in [0.15, 0.2) is 18.2 Å². The van der Waals surface area contributed by atoms with E-state index >= 15 is 0 Å². The lowest BCUT2D eigenvalue weighted by atomic mass is 10.1. The quantitative estimate of drug-likeness (QED) is 0.895. The molecule has 1 aliphatic rings. The molecule has 0 saturated carbocycles. The van der Waals surface area contributed by atoms with Crippen LogP contribution in [0.3, 0.4) is 0 Å². The molecule has 0 spiro atoms. The molecule has 2 rings (SSSR count). The molecule has 1 unspecified atom stereocenters. The van der Waals surface area contributed by atoms with Gasteiger partial charge >= 0.3 is 0 Å². The van der Waals surface area contributed by atoms with Crippen molar-refractivity contribution in [2.24, 2.45) is 0 Å². The monoisotopic (exact) mass is 299 g/mol. The van der Waals surface area contributed by atoms with Crippen molar-refractivity contribution in [2.75, 3.05) is 32.0 Å². The highest BCUT2D eigenvalue weighted by Crippen LogP contribution is 2.22. The van der Waals surface area contributed by atoms with Crippen molar-refractivity contribution in [3.63, 3.8) is 0 Å². The normalized spacial score (nSPS) is 19.9. The van der Waals surface area contributed by atoms with Crippen LogP contribution in [-0.2, 0) is 4.79 Å². The van der Waals surface area contributed by atoms with Gasteiger partial charge in [0, 0.05) is 12.6 Å². The van der Waals surface area contributed by atoms with Crippen LogP contribution in [-0.4, -0.2) is 43.5 Å². The van der Waals surface area contributed by atoms with Crippen LogP contribution < -0.4 is 10.6 Å². The number of piperidine rings is 1. The van der Waals surface area contributed by atoms with Gasteiger partial charge in [-0.05, 0) is 44.6 Å². The lowest BCUT2D eigenvalue weighted by Gasteiger charge is -2.31. The average molecular weight is 300 g/mol. The molecule has 1 fully saturated rings. The first-order valence-electron chi connectivity index (χ1n) is 6.73. The Bertz CT molecular complexity index is 483. The topological polar surface area (TPSA) is 44.4 Å². The van der Waals surface area contributed by atoms with Crippen LogP contribution in [0, 0.1) is 5.82 Å². The maximum atomic E-state index is 12.9. The van der Waals surface area contributed by atoms with Gasteiger partial charge in [-0.25, -0.2) is 4.39 Å². The summed E-state index contributed by atoms with van der Waals surface area (Å²) in [5.41, 5.74) is 0.445. The molecular weight excluding hydrogens is 281 g/mol. The number of carbonyl (C=O) groups excluding carboxylic acids is 1. The Balaban J connectivity index is 1.88. The van der Waals surface area contributed by atoms with Gasteiger partial charge in [0.1, 0.15) is 5.82 Å². The van der Waals surface area contributed by atoms with E-state index in [4.69, 9.17) is 11.6 Å². The van der Waals surface area contributed by atoms with Gasteiger partial charge in [-0.2, -0.15) is 0 Å². The van der Waals surface area contributed by atoms with Gasteiger partial charge in [0.2, 0.25) is 5.91 Å². The maximum absolute atomic E-state index is 12.9. The van der Waals surface area contributed by atoms with Crippen molar-refractivity contribution >= 4 is 23.2 Å². The van der Waals surface area contributed by atoms with Crippen LogP contribution in [0.1, 0.15) is 12.8 Å². The number of likely N-dealkylation sites (N-methyl/N-ethyl adjacent to an activating group) is 1. The summed E-state index contributed by atoms with van der Waals surface area (Å²) in [6.45, 7) is 2.11. The van der Waals surface area contributed by atoms with E-state index in [1.54, 1.807) is 0 Å². The van der Waals surface area contributed by atoms with Crippen molar-refractivity contribution in [1.82, 2.24) is 10.2 Å². The van der Waals surface area contributed by atoms with Crippen LogP contribution in [0.5, 0.6) is 0 Å². The molecule has 6 heteroatoms. The summed E-state index contributed by atoms with van der Waals surface area (Å²) in [5.74, 6) is -0.545. The van der Waals surface area contributed by atoms with Gasteiger partial charge in [0.25, 0.3) is 0 Å². The summed E-state index contributed by atoms with van der Waals surface area (Å²) < 4.78 is 12.9. The average Bonchev–Trinajstić information content (AvgIpc) is 2.42. The van der Waals surface area contributed by atoms with E-state index in [1.807, 2.05) is 7.05 Å². The fourth-order valence-corrected chi connectivity index (χ4v) is 2.63. The number of hydrogen-bond donors (Lipinski definition) is 2. The molecule has 0 radical (unpaired) electrons. The van der Waals surface area contributed by atoms with Gasteiger partial charge in [-0.15, -0.1) is 0 Å². The third kappa shape index (κ3) is 4.16. The fraction of sp³-hybridized carbons (Fsp3) is 0.500. The Labute approximate surface area is 123 Å². The Hall–Kier alpha value is -1.17. The smallest absolute Gasteiger partial charge is 0.238 e. The predicted molar refractivity (Wildman–Crippen MR) is 78.6 cm³/mol. The van der Waals surface area contributed by atoms with Crippen molar-refractivity contribution in [3.05, 3.63) is 29.0 Å². The minimum atomic E-state index is -0.416. The molecule has 20 heavy (non-hydrogen) atoms. The first kappa shape index (κ1) is 15.2. The zero-order valence-electron chi connectivity index (χ0n) is 11.5. The van der Waals surface area contributed by atoms with Gasteiger partial charge in [-0.3, -0.25) is 9.69 Å². The Morgan fingerprint density at radius 3 is 3.05 bits per heavy atom. The molecule has 1 aliphatic heterocycles. The van der Waals surface area contributed by atoms with E-state index in [0.717, 1.165) is 25.9 Å². The summed E-state index contributed by atoms with van der Waals surface area (Å²) in [6.07, 6.45) is 2.22. The third-order valence-corrected chi connectivity index (χ3v) is 3.80.